The average molecular weight is 458 g/mol. The van der Waals surface area contributed by atoms with Crippen LogP contribution in [0.15, 0.2) is 66.7 Å². The van der Waals surface area contributed by atoms with E-state index >= 15 is 0 Å². The third-order valence-corrected chi connectivity index (χ3v) is 7.27. The lowest BCUT2D eigenvalue weighted by atomic mass is 9.80. The second kappa shape index (κ2) is 9.47. The molecule has 3 aromatic rings. The topological polar surface area (TPSA) is 85.4 Å². The van der Waals surface area contributed by atoms with Crippen molar-refractivity contribution >= 4 is 22.7 Å². The Balaban J connectivity index is 1.28. The number of aliphatic hydroxyl groups excluding tert-OH is 1. The molecule has 2 aliphatic rings. The van der Waals surface area contributed by atoms with Gasteiger partial charge in [-0.25, -0.2) is 0 Å². The highest BCUT2D eigenvalue weighted by atomic mass is 16.3. The fraction of sp³-hybridized carbons (Fsp3) is 0.357. The van der Waals surface area contributed by atoms with Gasteiger partial charge in [0.05, 0.1) is 30.5 Å². The van der Waals surface area contributed by atoms with E-state index in [9.17, 15) is 14.7 Å². The van der Waals surface area contributed by atoms with Crippen LogP contribution in [0.25, 0.3) is 10.9 Å². The minimum absolute atomic E-state index is 0.0325. The molecule has 2 unspecified atom stereocenters. The van der Waals surface area contributed by atoms with Gasteiger partial charge in [-0.3, -0.25) is 9.59 Å². The number of hydrogen-bond acceptors (Lipinski definition) is 3. The van der Waals surface area contributed by atoms with Crippen LogP contribution in [-0.2, 0) is 22.6 Å². The summed E-state index contributed by atoms with van der Waals surface area (Å²) >= 11 is 0. The predicted molar refractivity (Wildman–Crippen MR) is 132 cm³/mol. The zero-order valence-corrected chi connectivity index (χ0v) is 19.4. The van der Waals surface area contributed by atoms with E-state index in [1.54, 1.807) is 6.92 Å². The molecule has 4 atom stereocenters. The van der Waals surface area contributed by atoms with E-state index in [0.717, 1.165) is 23.2 Å². The molecule has 2 heterocycles. The number of aromatic amines is 1. The van der Waals surface area contributed by atoms with Gasteiger partial charge in [0.1, 0.15) is 0 Å². The van der Waals surface area contributed by atoms with Gasteiger partial charge in [0.25, 0.3) is 0 Å². The number of carbonyl (C=O) groups is 2. The van der Waals surface area contributed by atoms with Crippen LogP contribution in [0, 0.1) is 11.8 Å². The van der Waals surface area contributed by atoms with Gasteiger partial charge in [-0.05, 0) is 43.4 Å². The van der Waals surface area contributed by atoms with Gasteiger partial charge in [0, 0.05) is 23.1 Å². The molecule has 0 saturated heterocycles. The van der Waals surface area contributed by atoms with Crippen LogP contribution in [0.3, 0.4) is 0 Å². The largest absolute Gasteiger partial charge is 0.386 e. The minimum atomic E-state index is -0.805. The van der Waals surface area contributed by atoms with Crippen LogP contribution in [0.2, 0.25) is 0 Å². The number of fused-ring (bicyclic) bond motifs is 3. The molecule has 0 bridgehead atoms. The minimum Gasteiger partial charge on any atom is -0.386 e. The van der Waals surface area contributed by atoms with Gasteiger partial charge < -0.3 is 20.3 Å². The Kier molecular flexibility index (Phi) is 6.24. The van der Waals surface area contributed by atoms with Crippen LogP contribution in [0.5, 0.6) is 0 Å². The molecule has 3 N–H and O–H groups in total. The number of amides is 2. The smallest absolute Gasteiger partial charge is 0.227 e. The molecule has 1 aliphatic heterocycles. The van der Waals surface area contributed by atoms with Crippen molar-refractivity contribution in [1.29, 1.82) is 0 Å². The van der Waals surface area contributed by atoms with E-state index < -0.39 is 24.0 Å². The number of para-hydroxylation sites is 1. The van der Waals surface area contributed by atoms with Crippen molar-refractivity contribution < 1.29 is 14.7 Å². The fourth-order valence-corrected chi connectivity index (χ4v) is 5.34. The Bertz CT molecular complexity index is 1220. The van der Waals surface area contributed by atoms with Crippen molar-refractivity contribution in [2.75, 3.05) is 6.54 Å². The van der Waals surface area contributed by atoms with E-state index in [0.29, 0.717) is 25.9 Å². The lowest BCUT2D eigenvalue weighted by Crippen LogP contribution is -2.48. The van der Waals surface area contributed by atoms with Gasteiger partial charge in [-0.15, -0.1) is 0 Å². The van der Waals surface area contributed by atoms with Crippen molar-refractivity contribution in [1.82, 2.24) is 15.2 Å². The number of nitrogens with one attached hydrogen (secondary N) is 2. The van der Waals surface area contributed by atoms with Gasteiger partial charge >= 0.3 is 0 Å². The average Bonchev–Trinajstić information content (AvgIpc) is 3.26. The number of rotatable bonds is 5. The van der Waals surface area contributed by atoms with E-state index in [2.05, 4.69) is 22.4 Å². The summed E-state index contributed by atoms with van der Waals surface area (Å²) in [4.78, 5) is 32.2. The highest BCUT2D eigenvalue weighted by Crippen LogP contribution is 2.32. The fourth-order valence-electron chi connectivity index (χ4n) is 5.34. The molecule has 34 heavy (non-hydrogen) atoms. The Morgan fingerprint density at radius 3 is 2.53 bits per heavy atom. The molecule has 0 fully saturated rings. The highest BCUT2D eigenvalue weighted by Gasteiger charge is 2.38. The molecule has 6 heteroatoms. The summed E-state index contributed by atoms with van der Waals surface area (Å²) in [5.41, 5.74) is 4.24. The lowest BCUT2D eigenvalue weighted by molar-refractivity contribution is -0.143. The first-order chi connectivity index (χ1) is 16.5. The zero-order chi connectivity index (χ0) is 23.7. The standard InChI is InChI=1S/C28H31N3O3/c1-18(26(32)19-9-3-2-4-10-19)29-27(33)22-12-5-6-13-23(22)28(34)31-16-15-21-20-11-7-8-14-24(20)30-25(21)17-31/h2-11,14,18,22-23,26,30,32H,12-13,15-17H2,1H3,(H,29,33)/t18-,22?,23?,26-/m0/s1. The van der Waals surface area contributed by atoms with Crippen LogP contribution >= 0.6 is 0 Å². The summed E-state index contributed by atoms with van der Waals surface area (Å²) in [6.45, 7) is 3.00. The lowest BCUT2D eigenvalue weighted by Gasteiger charge is -2.35. The summed E-state index contributed by atoms with van der Waals surface area (Å²) in [5, 5.41) is 14.9. The van der Waals surface area contributed by atoms with Crippen LogP contribution in [-0.4, -0.2) is 39.4 Å². The van der Waals surface area contributed by atoms with Crippen molar-refractivity contribution in [2.24, 2.45) is 11.8 Å². The zero-order valence-electron chi connectivity index (χ0n) is 19.4. The maximum Gasteiger partial charge on any atom is 0.227 e. The molecule has 0 radical (unpaired) electrons. The first kappa shape index (κ1) is 22.4. The quantitative estimate of drug-likeness (QED) is 0.509. The third-order valence-electron chi connectivity index (χ3n) is 7.27. The number of hydrogen-bond donors (Lipinski definition) is 3. The normalized spacial score (nSPS) is 21.6. The van der Waals surface area contributed by atoms with Crippen molar-refractivity contribution in [3.8, 4) is 0 Å². The number of benzene rings is 2. The van der Waals surface area contributed by atoms with Gasteiger partial charge in [-0.2, -0.15) is 0 Å². The summed E-state index contributed by atoms with van der Waals surface area (Å²) in [7, 11) is 0. The number of aliphatic hydroxyl groups is 1. The first-order valence-electron chi connectivity index (χ1n) is 12.1. The second-order valence-electron chi connectivity index (χ2n) is 9.45. The van der Waals surface area contributed by atoms with Gasteiger partial charge in [0.15, 0.2) is 0 Å². The monoisotopic (exact) mass is 457 g/mol. The molecule has 2 amide bonds. The molecule has 1 aromatic heterocycles. The summed E-state index contributed by atoms with van der Waals surface area (Å²) in [5.74, 6) is -0.970. The predicted octanol–water partition coefficient (Wildman–Crippen LogP) is 3.87. The van der Waals surface area contributed by atoms with Crippen LogP contribution < -0.4 is 5.32 Å². The number of allylic oxidation sites excluding steroid dienone is 2. The molecule has 0 spiro atoms. The molecule has 0 saturated carbocycles. The van der Waals surface area contributed by atoms with Crippen molar-refractivity contribution in [3.63, 3.8) is 0 Å². The Morgan fingerprint density at radius 2 is 1.74 bits per heavy atom. The SMILES string of the molecule is C[C@H](NC(=O)C1CC=CCC1C(=O)N1CCc2c([nH]c3ccccc23)C1)[C@H](O)c1ccccc1. The van der Waals surface area contributed by atoms with E-state index in [1.165, 1.54) is 10.9 Å². The van der Waals surface area contributed by atoms with Crippen LogP contribution in [0.1, 0.15) is 42.7 Å². The summed E-state index contributed by atoms with van der Waals surface area (Å²) in [6, 6.07) is 17.1. The highest BCUT2D eigenvalue weighted by molar-refractivity contribution is 5.89. The third kappa shape index (κ3) is 4.26. The molecule has 5 rings (SSSR count). The van der Waals surface area contributed by atoms with Gasteiger partial charge in [0.2, 0.25) is 11.8 Å². The molecule has 2 aromatic carbocycles. The molecular formula is C28H31N3O3. The number of carbonyl (C=O) groups excluding carboxylic acids is 2. The Hall–Kier alpha value is -3.38. The number of H-pyrrole nitrogens is 1. The molecular weight excluding hydrogens is 426 g/mol. The maximum atomic E-state index is 13.6. The molecule has 176 valence electrons. The molecule has 1 aliphatic carbocycles. The van der Waals surface area contributed by atoms with E-state index in [4.69, 9.17) is 0 Å². The van der Waals surface area contributed by atoms with E-state index in [-0.39, 0.29) is 11.8 Å². The molecule has 6 nitrogen and oxygen atoms in total. The first-order valence-corrected chi connectivity index (χ1v) is 12.1. The summed E-state index contributed by atoms with van der Waals surface area (Å²) < 4.78 is 0. The Morgan fingerprint density at radius 1 is 1.03 bits per heavy atom. The van der Waals surface area contributed by atoms with E-state index in [1.807, 2.05) is 59.5 Å². The maximum absolute atomic E-state index is 13.6. The number of aromatic nitrogens is 1. The Labute approximate surface area is 199 Å². The number of nitrogens with zero attached hydrogens (tertiary/aromatic N) is 1. The van der Waals surface area contributed by atoms with Crippen LogP contribution in [0.4, 0.5) is 0 Å². The van der Waals surface area contributed by atoms with Crippen molar-refractivity contribution in [3.05, 3.63) is 83.6 Å². The van der Waals surface area contributed by atoms with Crippen molar-refractivity contribution in [2.45, 2.75) is 44.9 Å². The second-order valence-corrected chi connectivity index (χ2v) is 9.45. The summed E-state index contributed by atoms with van der Waals surface area (Å²) in [6.07, 6.45) is 5.08. The van der Waals surface area contributed by atoms with Gasteiger partial charge in [-0.1, -0.05) is 60.7 Å².